The van der Waals surface area contributed by atoms with E-state index in [9.17, 15) is 13.2 Å². The molecule has 1 aromatic carbocycles. The van der Waals surface area contributed by atoms with Gasteiger partial charge in [-0.1, -0.05) is 18.9 Å². The molecule has 146 valence electrons. The number of anilines is 1. The lowest BCUT2D eigenvalue weighted by atomic mass is 10.1. The van der Waals surface area contributed by atoms with Gasteiger partial charge in [-0.3, -0.25) is 4.79 Å². The van der Waals surface area contributed by atoms with Gasteiger partial charge in [0, 0.05) is 12.5 Å². The molecule has 6 nitrogen and oxygen atoms in total. The van der Waals surface area contributed by atoms with Crippen molar-refractivity contribution in [2.75, 3.05) is 11.1 Å². The molecule has 2 aromatic rings. The number of aromatic nitrogens is 2. The van der Waals surface area contributed by atoms with E-state index in [1.54, 1.807) is 10.7 Å². The molecule has 1 heterocycles. The Labute approximate surface area is 160 Å². The first-order chi connectivity index (χ1) is 12.7. The molecule has 1 fully saturated rings. The van der Waals surface area contributed by atoms with Crippen molar-refractivity contribution in [2.24, 2.45) is 0 Å². The quantitative estimate of drug-likeness (QED) is 0.820. The molecule has 1 amide bonds. The van der Waals surface area contributed by atoms with Crippen molar-refractivity contribution >= 4 is 21.6 Å². The fourth-order valence-electron chi connectivity index (χ4n) is 3.71. The molecule has 1 saturated carbocycles. The van der Waals surface area contributed by atoms with Crippen LogP contribution in [0.25, 0.3) is 5.69 Å². The first-order valence-corrected chi connectivity index (χ1v) is 11.1. The molecule has 0 spiro atoms. The second-order valence-electron chi connectivity index (χ2n) is 7.50. The zero-order valence-corrected chi connectivity index (χ0v) is 17.0. The van der Waals surface area contributed by atoms with Gasteiger partial charge in [0.25, 0.3) is 0 Å². The number of hydrogen-bond acceptors (Lipinski definition) is 4. The van der Waals surface area contributed by atoms with Crippen LogP contribution in [-0.4, -0.2) is 35.1 Å². The molecule has 1 aliphatic rings. The van der Waals surface area contributed by atoms with Gasteiger partial charge in [0.15, 0.2) is 9.84 Å². The van der Waals surface area contributed by atoms with Crippen molar-refractivity contribution in [3.63, 3.8) is 0 Å². The van der Waals surface area contributed by atoms with Crippen LogP contribution in [0.5, 0.6) is 0 Å². The summed E-state index contributed by atoms with van der Waals surface area (Å²) in [7, 11) is -3.20. The lowest BCUT2D eigenvalue weighted by Crippen LogP contribution is -2.25. The highest BCUT2D eigenvalue weighted by atomic mass is 32.2. The summed E-state index contributed by atoms with van der Waals surface area (Å²) in [6.45, 7) is 5.89. The standard InChI is InChI=1S/C20H27N3O3S/c1-14-10-15(2)12-17(11-14)23-19(13-16(3)22-23)21-20(24)8-9-27(25,26)18-6-4-5-7-18/h10-13,18H,4-9H2,1-3H3,(H,21,24). The van der Waals surface area contributed by atoms with Crippen LogP contribution in [-0.2, 0) is 14.6 Å². The summed E-state index contributed by atoms with van der Waals surface area (Å²) in [6.07, 6.45) is 3.34. The number of nitrogens with one attached hydrogen (secondary N) is 1. The number of rotatable bonds is 6. The summed E-state index contributed by atoms with van der Waals surface area (Å²) >= 11 is 0. The van der Waals surface area contributed by atoms with E-state index in [1.165, 1.54) is 0 Å². The monoisotopic (exact) mass is 389 g/mol. The second-order valence-corrected chi connectivity index (χ2v) is 9.90. The molecule has 0 saturated heterocycles. The Hall–Kier alpha value is -2.15. The average Bonchev–Trinajstić information content (AvgIpc) is 3.22. The predicted molar refractivity (Wildman–Crippen MR) is 107 cm³/mol. The highest BCUT2D eigenvalue weighted by Crippen LogP contribution is 2.26. The summed E-state index contributed by atoms with van der Waals surface area (Å²) in [5.74, 6) is 0.156. The van der Waals surface area contributed by atoms with Crippen molar-refractivity contribution in [1.29, 1.82) is 0 Å². The van der Waals surface area contributed by atoms with Gasteiger partial charge in [-0.15, -0.1) is 0 Å². The third-order valence-corrected chi connectivity index (χ3v) is 7.23. The van der Waals surface area contributed by atoms with Crippen LogP contribution in [0.15, 0.2) is 24.3 Å². The van der Waals surface area contributed by atoms with Crippen molar-refractivity contribution < 1.29 is 13.2 Å². The normalized spacial score (nSPS) is 15.2. The number of nitrogens with zero attached hydrogens (tertiary/aromatic N) is 2. The Bertz CT molecular complexity index is 921. The largest absolute Gasteiger partial charge is 0.311 e. The molecular formula is C20H27N3O3S. The van der Waals surface area contributed by atoms with Crippen molar-refractivity contribution in [1.82, 2.24) is 9.78 Å². The molecular weight excluding hydrogens is 362 g/mol. The van der Waals surface area contributed by atoms with Crippen LogP contribution in [0.4, 0.5) is 5.82 Å². The Morgan fingerprint density at radius 3 is 2.37 bits per heavy atom. The van der Waals surface area contributed by atoms with Gasteiger partial charge in [-0.2, -0.15) is 5.10 Å². The Morgan fingerprint density at radius 1 is 1.11 bits per heavy atom. The fraction of sp³-hybridized carbons (Fsp3) is 0.500. The van der Waals surface area contributed by atoms with E-state index < -0.39 is 9.84 Å². The highest BCUT2D eigenvalue weighted by molar-refractivity contribution is 7.92. The number of carbonyl (C=O) groups is 1. The Kier molecular flexibility index (Phi) is 5.69. The zero-order valence-electron chi connectivity index (χ0n) is 16.2. The number of aryl methyl sites for hydroxylation is 3. The van der Waals surface area contributed by atoms with E-state index in [2.05, 4.69) is 16.5 Å². The van der Waals surface area contributed by atoms with E-state index in [4.69, 9.17) is 0 Å². The average molecular weight is 390 g/mol. The van der Waals surface area contributed by atoms with Gasteiger partial charge in [-0.25, -0.2) is 13.1 Å². The van der Waals surface area contributed by atoms with E-state index in [1.807, 2.05) is 32.9 Å². The SMILES string of the molecule is Cc1cc(C)cc(-n2nc(C)cc2NC(=O)CCS(=O)(=O)C2CCCC2)c1. The predicted octanol–water partition coefficient (Wildman–Crippen LogP) is 3.48. The number of sulfone groups is 1. The number of carbonyl (C=O) groups excluding carboxylic acids is 1. The smallest absolute Gasteiger partial charge is 0.226 e. The van der Waals surface area contributed by atoms with E-state index >= 15 is 0 Å². The van der Waals surface area contributed by atoms with Crippen LogP contribution in [0.2, 0.25) is 0 Å². The molecule has 7 heteroatoms. The summed E-state index contributed by atoms with van der Waals surface area (Å²) in [5, 5.41) is 7.03. The van der Waals surface area contributed by atoms with Gasteiger partial charge in [0.2, 0.25) is 5.91 Å². The maximum atomic E-state index is 12.4. The number of hydrogen-bond donors (Lipinski definition) is 1. The summed E-state index contributed by atoms with van der Waals surface area (Å²) in [4.78, 5) is 12.4. The zero-order chi connectivity index (χ0) is 19.6. The van der Waals surface area contributed by atoms with Crippen molar-refractivity contribution in [2.45, 2.75) is 58.1 Å². The maximum Gasteiger partial charge on any atom is 0.226 e. The van der Waals surface area contributed by atoms with E-state index in [-0.39, 0.29) is 23.3 Å². The van der Waals surface area contributed by atoms with Crippen LogP contribution >= 0.6 is 0 Å². The van der Waals surface area contributed by atoms with Crippen LogP contribution in [0, 0.1) is 20.8 Å². The molecule has 1 aromatic heterocycles. The fourth-order valence-corrected chi connectivity index (χ4v) is 5.57. The van der Waals surface area contributed by atoms with Gasteiger partial charge < -0.3 is 5.32 Å². The second kappa shape index (κ2) is 7.84. The molecule has 0 aliphatic heterocycles. The summed E-state index contributed by atoms with van der Waals surface area (Å²) in [6, 6.07) is 7.87. The number of benzene rings is 1. The van der Waals surface area contributed by atoms with Crippen molar-refractivity contribution in [3.8, 4) is 5.69 Å². The summed E-state index contributed by atoms with van der Waals surface area (Å²) < 4.78 is 26.4. The van der Waals surface area contributed by atoms with Gasteiger partial charge in [0.05, 0.1) is 22.4 Å². The van der Waals surface area contributed by atoms with Gasteiger partial charge in [0.1, 0.15) is 5.82 Å². The highest BCUT2D eigenvalue weighted by Gasteiger charge is 2.29. The van der Waals surface area contributed by atoms with Crippen molar-refractivity contribution in [3.05, 3.63) is 41.1 Å². The first-order valence-electron chi connectivity index (χ1n) is 9.41. The van der Waals surface area contributed by atoms with Crippen LogP contribution in [0.3, 0.4) is 0 Å². The van der Waals surface area contributed by atoms with E-state index in [0.29, 0.717) is 5.82 Å². The molecule has 0 unspecified atom stereocenters. The van der Waals surface area contributed by atoms with Crippen LogP contribution < -0.4 is 5.32 Å². The Morgan fingerprint density at radius 2 is 1.74 bits per heavy atom. The van der Waals surface area contributed by atoms with Gasteiger partial charge in [-0.05, 0) is 56.9 Å². The summed E-state index contributed by atoms with van der Waals surface area (Å²) in [5.41, 5.74) is 3.87. The minimum Gasteiger partial charge on any atom is -0.311 e. The molecule has 27 heavy (non-hydrogen) atoms. The first kappa shape index (κ1) is 19.6. The Balaban J connectivity index is 1.71. The molecule has 1 N–H and O–H groups in total. The minimum absolute atomic E-state index is 0.0318. The lowest BCUT2D eigenvalue weighted by molar-refractivity contribution is -0.115. The topological polar surface area (TPSA) is 81.1 Å². The lowest BCUT2D eigenvalue weighted by Gasteiger charge is -2.12. The number of amides is 1. The maximum absolute atomic E-state index is 12.4. The molecule has 0 atom stereocenters. The minimum atomic E-state index is -3.20. The van der Waals surface area contributed by atoms with Gasteiger partial charge >= 0.3 is 0 Å². The molecule has 0 radical (unpaired) electrons. The molecule has 3 rings (SSSR count). The third-order valence-electron chi connectivity index (χ3n) is 4.97. The van der Waals surface area contributed by atoms with Crippen LogP contribution in [0.1, 0.15) is 48.9 Å². The molecule has 0 bridgehead atoms. The molecule has 1 aliphatic carbocycles. The third kappa shape index (κ3) is 4.77. The van der Waals surface area contributed by atoms with E-state index in [0.717, 1.165) is 48.2 Å².